The van der Waals surface area contributed by atoms with Crippen LogP contribution in [0.15, 0.2) is 60.9 Å². The standard InChI is InChI=1S/C25H25N5O2/c1-28-21-7-5-17(14-18(21)16-26-28)24(31)29-12-9-25(10-13-29)23-4-3-11-30(23)22-8-6-19(32-2)15-20(22)27-25/h3-8,11,14-16,27H,9-10,12-13H2,1-2H3. The molecule has 0 atom stereocenters. The molecule has 1 saturated heterocycles. The number of carbonyl (C=O) groups excluding carboxylic acids is 1. The first-order valence-electron chi connectivity index (χ1n) is 10.9. The smallest absolute Gasteiger partial charge is 0.253 e. The van der Waals surface area contributed by atoms with Crippen LogP contribution >= 0.6 is 0 Å². The van der Waals surface area contributed by atoms with Crippen LogP contribution in [0.2, 0.25) is 0 Å². The summed E-state index contributed by atoms with van der Waals surface area (Å²) in [7, 11) is 3.60. The quantitative estimate of drug-likeness (QED) is 0.527. The molecule has 0 bridgehead atoms. The molecule has 4 aromatic rings. The van der Waals surface area contributed by atoms with Crippen LogP contribution in [0.3, 0.4) is 0 Å². The van der Waals surface area contributed by atoms with Gasteiger partial charge in [0.05, 0.1) is 35.7 Å². The number of aromatic nitrogens is 3. The number of ether oxygens (including phenoxy) is 1. The number of carbonyl (C=O) groups is 1. The van der Waals surface area contributed by atoms with Crippen LogP contribution in [0.4, 0.5) is 5.69 Å². The highest BCUT2D eigenvalue weighted by atomic mass is 16.5. The summed E-state index contributed by atoms with van der Waals surface area (Å²) in [6, 6.07) is 16.2. The van der Waals surface area contributed by atoms with Gasteiger partial charge in [-0.1, -0.05) is 0 Å². The van der Waals surface area contributed by atoms with Gasteiger partial charge in [0.2, 0.25) is 0 Å². The molecule has 1 spiro atoms. The van der Waals surface area contributed by atoms with Crippen LogP contribution in [-0.4, -0.2) is 45.4 Å². The number of methoxy groups -OCH3 is 1. The molecule has 2 aromatic carbocycles. The molecule has 4 heterocycles. The third kappa shape index (κ3) is 2.74. The number of anilines is 1. The molecule has 1 fully saturated rings. The molecule has 0 radical (unpaired) electrons. The Morgan fingerprint density at radius 2 is 1.97 bits per heavy atom. The van der Waals surface area contributed by atoms with Gasteiger partial charge in [-0.25, -0.2) is 0 Å². The molecule has 2 aromatic heterocycles. The zero-order valence-electron chi connectivity index (χ0n) is 18.2. The highest BCUT2D eigenvalue weighted by molar-refractivity contribution is 5.98. The SMILES string of the molecule is COc1ccc2c(c1)NC1(CCN(C(=O)c3ccc4c(cnn4C)c3)CC1)c1cccn1-2. The van der Waals surface area contributed by atoms with Gasteiger partial charge >= 0.3 is 0 Å². The van der Waals surface area contributed by atoms with Gasteiger partial charge in [0.25, 0.3) is 5.91 Å². The number of hydrogen-bond donors (Lipinski definition) is 1. The number of hydrogen-bond acceptors (Lipinski definition) is 4. The van der Waals surface area contributed by atoms with Crippen molar-refractivity contribution < 1.29 is 9.53 Å². The Hall–Kier alpha value is -3.74. The monoisotopic (exact) mass is 427 g/mol. The van der Waals surface area contributed by atoms with E-state index in [4.69, 9.17) is 4.74 Å². The van der Waals surface area contributed by atoms with Crippen molar-refractivity contribution in [3.05, 3.63) is 72.2 Å². The number of piperidine rings is 1. The lowest BCUT2D eigenvalue weighted by molar-refractivity contribution is 0.0676. The predicted molar refractivity (Wildman–Crippen MR) is 123 cm³/mol. The second-order valence-electron chi connectivity index (χ2n) is 8.69. The average molecular weight is 428 g/mol. The van der Waals surface area contributed by atoms with Gasteiger partial charge in [0.15, 0.2) is 0 Å². The summed E-state index contributed by atoms with van der Waals surface area (Å²) in [5, 5.41) is 9.08. The van der Waals surface area contributed by atoms with Gasteiger partial charge in [0.1, 0.15) is 5.75 Å². The van der Waals surface area contributed by atoms with Crippen LogP contribution in [-0.2, 0) is 12.6 Å². The summed E-state index contributed by atoms with van der Waals surface area (Å²) >= 11 is 0. The van der Waals surface area contributed by atoms with Gasteiger partial charge in [-0.2, -0.15) is 5.10 Å². The summed E-state index contributed by atoms with van der Waals surface area (Å²) in [5.41, 5.74) is 4.98. The highest BCUT2D eigenvalue weighted by Crippen LogP contribution is 2.44. The Kier molecular flexibility index (Phi) is 4.08. The molecule has 32 heavy (non-hydrogen) atoms. The summed E-state index contributed by atoms with van der Waals surface area (Å²) in [6.45, 7) is 1.39. The van der Waals surface area contributed by atoms with Crippen LogP contribution < -0.4 is 10.1 Å². The maximum atomic E-state index is 13.3. The number of fused-ring (bicyclic) bond motifs is 5. The zero-order chi connectivity index (χ0) is 21.9. The van der Waals surface area contributed by atoms with Crippen molar-refractivity contribution >= 4 is 22.5 Å². The second kappa shape index (κ2) is 6.88. The number of aryl methyl sites for hydroxylation is 1. The molecule has 7 heteroatoms. The lowest BCUT2D eigenvalue weighted by Crippen LogP contribution is -2.51. The Labute approximate surface area is 186 Å². The highest BCUT2D eigenvalue weighted by Gasteiger charge is 2.42. The van der Waals surface area contributed by atoms with E-state index in [1.54, 1.807) is 7.11 Å². The molecule has 0 unspecified atom stereocenters. The minimum absolute atomic E-state index is 0.0823. The maximum Gasteiger partial charge on any atom is 0.253 e. The van der Waals surface area contributed by atoms with E-state index in [1.807, 2.05) is 47.1 Å². The number of benzene rings is 2. The Bertz CT molecular complexity index is 1340. The average Bonchev–Trinajstić information content (AvgIpc) is 3.47. The van der Waals surface area contributed by atoms with Crippen molar-refractivity contribution in [1.29, 1.82) is 0 Å². The normalized spacial score (nSPS) is 16.5. The maximum absolute atomic E-state index is 13.3. The first-order chi connectivity index (χ1) is 15.6. The Morgan fingerprint density at radius 3 is 2.78 bits per heavy atom. The van der Waals surface area contributed by atoms with E-state index in [1.165, 1.54) is 5.69 Å². The Balaban J connectivity index is 1.27. The first kappa shape index (κ1) is 19.0. The molecule has 2 aliphatic rings. The zero-order valence-corrected chi connectivity index (χ0v) is 18.2. The molecule has 7 nitrogen and oxygen atoms in total. The third-order valence-electron chi connectivity index (χ3n) is 6.97. The van der Waals surface area contributed by atoms with Gasteiger partial charge in [0, 0.05) is 49.0 Å². The van der Waals surface area contributed by atoms with Gasteiger partial charge in [-0.05, 0) is 55.3 Å². The summed E-state index contributed by atoms with van der Waals surface area (Å²) in [6.07, 6.45) is 5.61. The van der Waals surface area contributed by atoms with Gasteiger partial charge in [-0.15, -0.1) is 0 Å². The molecular formula is C25H25N5O2. The molecule has 162 valence electrons. The molecule has 2 aliphatic heterocycles. The fourth-order valence-corrected chi connectivity index (χ4v) is 5.21. The van der Waals surface area contributed by atoms with Crippen molar-refractivity contribution in [3.8, 4) is 11.4 Å². The van der Waals surface area contributed by atoms with E-state index >= 15 is 0 Å². The molecule has 6 rings (SSSR count). The summed E-state index contributed by atoms with van der Waals surface area (Å²) in [4.78, 5) is 15.2. The van der Waals surface area contributed by atoms with E-state index in [-0.39, 0.29) is 11.4 Å². The van der Waals surface area contributed by atoms with Crippen LogP contribution in [0.25, 0.3) is 16.6 Å². The van der Waals surface area contributed by atoms with Gasteiger partial charge < -0.3 is 19.5 Å². The van der Waals surface area contributed by atoms with Crippen molar-refractivity contribution in [2.24, 2.45) is 7.05 Å². The third-order valence-corrected chi connectivity index (χ3v) is 6.97. The van der Waals surface area contributed by atoms with Crippen LogP contribution in [0.5, 0.6) is 5.75 Å². The first-order valence-corrected chi connectivity index (χ1v) is 10.9. The van der Waals surface area contributed by atoms with E-state index in [9.17, 15) is 4.79 Å². The fourth-order valence-electron chi connectivity index (χ4n) is 5.21. The largest absolute Gasteiger partial charge is 0.497 e. The molecule has 1 amide bonds. The fraction of sp³-hybridized carbons (Fsp3) is 0.280. The molecule has 0 saturated carbocycles. The van der Waals surface area contributed by atoms with E-state index in [0.29, 0.717) is 13.1 Å². The molecule has 0 aliphatic carbocycles. The summed E-state index contributed by atoms with van der Waals surface area (Å²) < 4.78 is 9.53. The number of amides is 1. The number of nitrogens with zero attached hydrogens (tertiary/aromatic N) is 4. The van der Waals surface area contributed by atoms with Crippen LogP contribution in [0.1, 0.15) is 28.9 Å². The van der Waals surface area contributed by atoms with E-state index in [2.05, 4.69) is 45.4 Å². The van der Waals surface area contributed by atoms with Crippen molar-refractivity contribution in [1.82, 2.24) is 19.2 Å². The lowest BCUT2D eigenvalue weighted by Gasteiger charge is -2.46. The minimum Gasteiger partial charge on any atom is -0.497 e. The van der Waals surface area contributed by atoms with Gasteiger partial charge in [-0.3, -0.25) is 9.48 Å². The van der Waals surface area contributed by atoms with Crippen molar-refractivity contribution in [3.63, 3.8) is 0 Å². The number of nitrogens with one attached hydrogen (secondary N) is 1. The second-order valence-corrected chi connectivity index (χ2v) is 8.69. The van der Waals surface area contributed by atoms with Crippen LogP contribution in [0, 0.1) is 0 Å². The molecular weight excluding hydrogens is 402 g/mol. The topological polar surface area (TPSA) is 64.3 Å². The van der Waals surface area contributed by atoms with Crippen molar-refractivity contribution in [2.75, 3.05) is 25.5 Å². The van der Waals surface area contributed by atoms with Crippen molar-refractivity contribution in [2.45, 2.75) is 18.4 Å². The molecule has 1 N–H and O–H groups in total. The predicted octanol–water partition coefficient (Wildman–Crippen LogP) is 3.93. The lowest BCUT2D eigenvalue weighted by atomic mass is 9.82. The number of rotatable bonds is 2. The number of likely N-dealkylation sites (tertiary alicyclic amines) is 1. The Morgan fingerprint density at radius 1 is 1.12 bits per heavy atom. The van der Waals surface area contributed by atoms with E-state index < -0.39 is 0 Å². The summed E-state index contributed by atoms with van der Waals surface area (Å²) in [5.74, 6) is 0.916. The minimum atomic E-state index is -0.201. The van der Waals surface area contributed by atoms with E-state index in [0.717, 1.165) is 46.4 Å².